The van der Waals surface area contributed by atoms with Crippen molar-refractivity contribution in [1.29, 1.82) is 0 Å². The lowest BCUT2D eigenvalue weighted by molar-refractivity contribution is -0.126. The van der Waals surface area contributed by atoms with Crippen LogP contribution in [0.4, 0.5) is 0 Å². The fraction of sp³-hybridized carbons (Fsp3) is 0.273. The van der Waals surface area contributed by atoms with Gasteiger partial charge in [-0.15, -0.1) is 11.8 Å². The molecule has 2 aromatic rings. The molecule has 0 fully saturated rings. The lowest BCUT2D eigenvalue weighted by Crippen LogP contribution is -2.28. The number of amides is 1. The summed E-state index contributed by atoms with van der Waals surface area (Å²) < 4.78 is 5.68. The highest BCUT2D eigenvalue weighted by atomic mass is 32.2. The molecule has 0 radical (unpaired) electrons. The molecule has 0 heterocycles. The highest BCUT2D eigenvalue weighted by molar-refractivity contribution is 8.23. The number of rotatable bonds is 9. The molecule has 0 N–H and O–H groups in total. The molecule has 3 nitrogen and oxygen atoms in total. The maximum atomic E-state index is 12.8. The zero-order valence-corrected chi connectivity index (χ0v) is 18.6. The van der Waals surface area contributed by atoms with Gasteiger partial charge in [0, 0.05) is 16.8 Å². The Bertz CT molecular complexity index is 779. The number of ether oxygens (including phenoxy) is 1. The third-order valence-electron chi connectivity index (χ3n) is 3.68. The van der Waals surface area contributed by atoms with Gasteiger partial charge in [0.05, 0.1) is 18.9 Å². The average molecular weight is 432 g/mol. The van der Waals surface area contributed by atoms with Crippen LogP contribution in [0.2, 0.25) is 0 Å². The van der Waals surface area contributed by atoms with E-state index in [1.54, 1.807) is 16.7 Å². The second-order valence-electron chi connectivity index (χ2n) is 6.06. The van der Waals surface area contributed by atoms with Crippen molar-refractivity contribution in [2.45, 2.75) is 25.3 Å². The van der Waals surface area contributed by atoms with Gasteiger partial charge in [0.25, 0.3) is 0 Å². The van der Waals surface area contributed by atoms with E-state index in [0.717, 1.165) is 16.9 Å². The summed E-state index contributed by atoms with van der Waals surface area (Å²) in [7, 11) is 0. The van der Waals surface area contributed by atoms with Gasteiger partial charge in [0.15, 0.2) is 0 Å². The van der Waals surface area contributed by atoms with Crippen molar-refractivity contribution in [2.24, 2.45) is 0 Å². The molecule has 0 aromatic heterocycles. The van der Waals surface area contributed by atoms with Gasteiger partial charge in [0.2, 0.25) is 10.3 Å². The van der Waals surface area contributed by atoms with E-state index in [-0.39, 0.29) is 11.7 Å². The van der Waals surface area contributed by atoms with Crippen LogP contribution in [0.5, 0.6) is 0 Å². The first-order valence-corrected chi connectivity index (χ1v) is 11.4. The lowest BCUT2D eigenvalue weighted by Gasteiger charge is -2.20. The molecule has 0 saturated heterocycles. The Hall–Kier alpha value is -1.76. The fourth-order valence-corrected chi connectivity index (χ4v) is 4.09. The minimum absolute atomic E-state index is 0.0139. The predicted octanol–water partition coefficient (Wildman–Crippen LogP) is 5.77. The van der Waals surface area contributed by atoms with Crippen molar-refractivity contribution in [3.8, 4) is 0 Å². The second-order valence-corrected chi connectivity index (χ2v) is 8.68. The van der Waals surface area contributed by atoms with Gasteiger partial charge < -0.3 is 9.64 Å². The van der Waals surface area contributed by atoms with Crippen LogP contribution in [0.1, 0.15) is 19.4 Å². The Morgan fingerprint density at radius 1 is 1.07 bits per heavy atom. The minimum atomic E-state index is 0.0139. The number of thioether (sulfide) groups is 2. The smallest absolute Gasteiger partial charge is 0.237 e. The van der Waals surface area contributed by atoms with Crippen molar-refractivity contribution in [1.82, 2.24) is 4.90 Å². The average Bonchev–Trinajstić information content (AvgIpc) is 2.72. The number of carbonyl (C=O) groups excluding carboxylic acids is 1. The molecule has 0 bridgehead atoms. The SMILES string of the molecule is CCOC(=S)SCC(=O)N(/C=C(\C)CSc1ccccc1)Cc1ccccc1. The van der Waals surface area contributed by atoms with Crippen LogP contribution in [-0.4, -0.2) is 33.3 Å². The van der Waals surface area contributed by atoms with Gasteiger partial charge in [-0.1, -0.05) is 60.3 Å². The maximum Gasteiger partial charge on any atom is 0.237 e. The summed E-state index contributed by atoms with van der Waals surface area (Å²) in [5, 5.41) is 0. The first-order valence-electron chi connectivity index (χ1n) is 9.06. The molecule has 0 unspecified atom stereocenters. The molecular formula is C22H25NO2S3. The van der Waals surface area contributed by atoms with Crippen molar-refractivity contribution in [2.75, 3.05) is 18.1 Å². The summed E-state index contributed by atoms with van der Waals surface area (Å²) in [6.45, 7) is 4.99. The Kier molecular flexibility index (Phi) is 10.2. The third-order valence-corrected chi connectivity index (χ3v) is 6.10. The van der Waals surface area contributed by atoms with E-state index in [0.29, 0.717) is 17.5 Å². The zero-order valence-electron chi connectivity index (χ0n) is 16.2. The lowest BCUT2D eigenvalue weighted by atomic mass is 10.2. The topological polar surface area (TPSA) is 29.5 Å². The summed E-state index contributed by atoms with van der Waals surface area (Å²) in [6.07, 6.45) is 1.95. The molecule has 0 aliphatic rings. The van der Waals surface area contributed by atoms with Crippen LogP contribution >= 0.6 is 35.7 Å². The molecule has 0 aliphatic carbocycles. The van der Waals surface area contributed by atoms with E-state index in [4.69, 9.17) is 17.0 Å². The quantitative estimate of drug-likeness (QED) is 0.372. The Morgan fingerprint density at radius 2 is 1.71 bits per heavy atom. The summed E-state index contributed by atoms with van der Waals surface area (Å²) in [5.41, 5.74) is 2.23. The number of hydrogen-bond donors (Lipinski definition) is 0. The van der Waals surface area contributed by atoms with Gasteiger partial charge >= 0.3 is 0 Å². The molecule has 0 spiro atoms. The predicted molar refractivity (Wildman–Crippen MR) is 125 cm³/mol. The highest BCUT2D eigenvalue weighted by Gasteiger charge is 2.14. The number of thiocarbonyl (C=S) groups is 1. The highest BCUT2D eigenvalue weighted by Crippen LogP contribution is 2.20. The van der Waals surface area contributed by atoms with E-state index in [9.17, 15) is 4.79 Å². The van der Waals surface area contributed by atoms with Crippen LogP contribution in [-0.2, 0) is 16.1 Å². The monoisotopic (exact) mass is 431 g/mol. The van der Waals surface area contributed by atoms with E-state index in [1.807, 2.05) is 61.7 Å². The Balaban J connectivity index is 2.03. The van der Waals surface area contributed by atoms with Crippen molar-refractivity contribution in [3.63, 3.8) is 0 Å². The Morgan fingerprint density at radius 3 is 2.36 bits per heavy atom. The minimum Gasteiger partial charge on any atom is -0.479 e. The molecule has 0 atom stereocenters. The van der Waals surface area contributed by atoms with Crippen molar-refractivity contribution in [3.05, 3.63) is 78.0 Å². The molecule has 28 heavy (non-hydrogen) atoms. The van der Waals surface area contributed by atoms with Crippen LogP contribution in [0.15, 0.2) is 77.3 Å². The number of benzene rings is 2. The summed E-state index contributed by atoms with van der Waals surface area (Å²) in [5.74, 6) is 1.11. The molecule has 2 rings (SSSR count). The third kappa shape index (κ3) is 8.50. The number of carbonyl (C=O) groups is 1. The van der Waals surface area contributed by atoms with Crippen LogP contribution in [0, 0.1) is 0 Å². The molecule has 0 saturated carbocycles. The fourth-order valence-electron chi connectivity index (χ4n) is 2.37. The van der Waals surface area contributed by atoms with E-state index < -0.39 is 0 Å². The molecule has 6 heteroatoms. The molecular weight excluding hydrogens is 406 g/mol. The molecule has 0 aliphatic heterocycles. The van der Waals surface area contributed by atoms with Gasteiger partial charge in [-0.2, -0.15) is 0 Å². The van der Waals surface area contributed by atoms with E-state index in [1.165, 1.54) is 16.7 Å². The molecule has 1 amide bonds. The zero-order chi connectivity index (χ0) is 20.2. The van der Waals surface area contributed by atoms with Gasteiger partial charge in [0.1, 0.15) is 0 Å². The van der Waals surface area contributed by atoms with Crippen LogP contribution < -0.4 is 0 Å². The first kappa shape index (κ1) is 22.5. The number of nitrogens with zero attached hydrogens (tertiary/aromatic N) is 1. The van der Waals surface area contributed by atoms with Crippen molar-refractivity contribution < 1.29 is 9.53 Å². The maximum absolute atomic E-state index is 12.8. The molecule has 148 valence electrons. The van der Waals surface area contributed by atoms with Crippen LogP contribution in [0.25, 0.3) is 0 Å². The standard InChI is InChI=1S/C22H25NO2S3/c1-3-25-22(26)28-17-21(24)23(15-19-10-6-4-7-11-19)14-18(2)16-27-20-12-8-5-9-13-20/h4-14H,3,15-17H2,1-2H3/b18-14+. The largest absolute Gasteiger partial charge is 0.479 e. The van der Waals surface area contributed by atoms with Crippen LogP contribution in [0.3, 0.4) is 0 Å². The van der Waals surface area contributed by atoms with E-state index >= 15 is 0 Å². The summed E-state index contributed by atoms with van der Waals surface area (Å²) in [6, 6.07) is 20.3. The first-order chi connectivity index (χ1) is 13.6. The Labute approximate surface area is 181 Å². The van der Waals surface area contributed by atoms with Crippen molar-refractivity contribution >= 4 is 46.0 Å². The van der Waals surface area contributed by atoms with Gasteiger partial charge in [-0.05, 0) is 49.3 Å². The summed E-state index contributed by atoms with van der Waals surface area (Å²) >= 11 is 8.15. The summed E-state index contributed by atoms with van der Waals surface area (Å²) in [4.78, 5) is 15.8. The van der Waals surface area contributed by atoms with Gasteiger partial charge in [-0.3, -0.25) is 4.79 Å². The van der Waals surface area contributed by atoms with E-state index in [2.05, 4.69) is 19.1 Å². The van der Waals surface area contributed by atoms with Gasteiger partial charge in [-0.25, -0.2) is 0 Å². The molecule has 2 aromatic carbocycles. The second kappa shape index (κ2) is 12.6. The number of hydrogen-bond acceptors (Lipinski definition) is 5. The normalized spacial score (nSPS) is 11.1.